The number of methoxy groups -OCH3 is 2. The van der Waals surface area contributed by atoms with Crippen molar-refractivity contribution in [1.82, 2.24) is 4.90 Å². The van der Waals surface area contributed by atoms with Crippen molar-refractivity contribution in [2.45, 2.75) is 18.2 Å². The lowest BCUT2D eigenvalue weighted by atomic mass is 10.2. The maximum absolute atomic E-state index is 11.7. The summed E-state index contributed by atoms with van der Waals surface area (Å²) in [5.74, 6) is 1.63. The fraction of sp³-hybridized carbons (Fsp3) is 0.462. The van der Waals surface area contributed by atoms with Gasteiger partial charge >= 0.3 is 0 Å². The van der Waals surface area contributed by atoms with E-state index in [0.717, 1.165) is 17.1 Å². The molecule has 0 bridgehead atoms. The van der Waals surface area contributed by atoms with Crippen LogP contribution in [-0.2, 0) is 11.3 Å². The molecule has 1 aromatic rings. The van der Waals surface area contributed by atoms with Crippen LogP contribution in [0.1, 0.15) is 12.0 Å². The van der Waals surface area contributed by atoms with Crippen molar-refractivity contribution in [1.29, 1.82) is 0 Å². The number of benzene rings is 1. The van der Waals surface area contributed by atoms with Crippen LogP contribution in [0.3, 0.4) is 0 Å². The Morgan fingerprint density at radius 2 is 2.17 bits per heavy atom. The second-order valence-electron chi connectivity index (χ2n) is 4.31. The number of hydrogen-bond donors (Lipinski definition) is 1. The molecule has 18 heavy (non-hydrogen) atoms. The molecule has 1 aliphatic heterocycles. The average Bonchev–Trinajstić information content (AvgIpc) is 2.68. The first-order valence-corrected chi connectivity index (χ1v) is 6.32. The van der Waals surface area contributed by atoms with Crippen molar-refractivity contribution >= 4 is 18.5 Å². The minimum absolute atomic E-state index is 0.141. The number of thiol groups is 1. The summed E-state index contributed by atoms with van der Waals surface area (Å²) in [5, 5.41) is 0.141. The van der Waals surface area contributed by atoms with E-state index < -0.39 is 0 Å². The van der Waals surface area contributed by atoms with Crippen LogP contribution in [0.4, 0.5) is 0 Å². The van der Waals surface area contributed by atoms with Crippen LogP contribution in [0, 0.1) is 0 Å². The quantitative estimate of drug-likeness (QED) is 0.845. The molecule has 1 heterocycles. The lowest BCUT2D eigenvalue weighted by Gasteiger charge is -2.18. The van der Waals surface area contributed by atoms with E-state index in [2.05, 4.69) is 12.6 Å². The highest BCUT2D eigenvalue weighted by molar-refractivity contribution is 7.81. The molecule has 1 aliphatic rings. The van der Waals surface area contributed by atoms with Crippen LogP contribution in [0.15, 0.2) is 18.2 Å². The lowest BCUT2D eigenvalue weighted by Crippen LogP contribution is -2.24. The number of carbonyl (C=O) groups is 1. The normalized spacial score (nSPS) is 19.2. The van der Waals surface area contributed by atoms with E-state index in [4.69, 9.17) is 9.47 Å². The van der Waals surface area contributed by atoms with Gasteiger partial charge in [0, 0.05) is 36.4 Å². The Bertz CT molecular complexity index is 450. The Hall–Kier alpha value is -1.36. The molecule has 1 unspecified atom stereocenters. The number of amides is 1. The van der Waals surface area contributed by atoms with Crippen molar-refractivity contribution in [3.8, 4) is 11.5 Å². The lowest BCUT2D eigenvalue weighted by molar-refractivity contribution is -0.128. The number of nitrogens with zero attached hydrogens (tertiary/aromatic N) is 1. The van der Waals surface area contributed by atoms with Crippen LogP contribution in [0.5, 0.6) is 11.5 Å². The first kappa shape index (κ1) is 13.1. The van der Waals surface area contributed by atoms with Gasteiger partial charge in [-0.25, -0.2) is 0 Å². The average molecular weight is 267 g/mol. The largest absolute Gasteiger partial charge is 0.497 e. The van der Waals surface area contributed by atoms with Crippen LogP contribution in [0.2, 0.25) is 0 Å². The molecule has 1 atom stereocenters. The van der Waals surface area contributed by atoms with E-state index in [0.29, 0.717) is 19.5 Å². The fourth-order valence-electron chi connectivity index (χ4n) is 2.09. The molecule has 0 radical (unpaired) electrons. The van der Waals surface area contributed by atoms with E-state index in [-0.39, 0.29) is 11.2 Å². The molecular formula is C13H17NO3S. The van der Waals surface area contributed by atoms with Crippen LogP contribution < -0.4 is 9.47 Å². The summed E-state index contributed by atoms with van der Waals surface area (Å²) in [6.45, 7) is 1.25. The molecule has 0 aromatic heterocycles. The second-order valence-corrected chi connectivity index (χ2v) is 5.04. The highest BCUT2D eigenvalue weighted by Gasteiger charge is 2.27. The van der Waals surface area contributed by atoms with E-state index in [9.17, 15) is 4.79 Å². The van der Waals surface area contributed by atoms with Gasteiger partial charge in [-0.3, -0.25) is 4.79 Å². The minimum Gasteiger partial charge on any atom is -0.497 e. The third-order valence-corrected chi connectivity index (χ3v) is 3.40. The minimum atomic E-state index is 0.141. The Morgan fingerprint density at radius 3 is 2.72 bits per heavy atom. The molecule has 1 aromatic carbocycles. The van der Waals surface area contributed by atoms with Crippen LogP contribution in [-0.4, -0.2) is 36.8 Å². The summed E-state index contributed by atoms with van der Waals surface area (Å²) >= 11 is 4.34. The number of hydrogen-bond acceptors (Lipinski definition) is 4. The Labute approximate surface area is 112 Å². The highest BCUT2D eigenvalue weighted by Crippen LogP contribution is 2.27. The van der Waals surface area contributed by atoms with Gasteiger partial charge in [-0.1, -0.05) is 0 Å². The van der Waals surface area contributed by atoms with Crippen LogP contribution >= 0.6 is 12.6 Å². The number of rotatable bonds is 4. The topological polar surface area (TPSA) is 38.8 Å². The third kappa shape index (κ3) is 2.72. The molecule has 1 fully saturated rings. The summed E-state index contributed by atoms with van der Waals surface area (Å²) in [6.07, 6.45) is 0.515. The molecule has 1 saturated heterocycles. The molecule has 0 saturated carbocycles. The number of likely N-dealkylation sites (tertiary alicyclic amines) is 1. The standard InChI is InChI=1S/C13H17NO3S/c1-16-10-4-3-9(12(5-10)17-2)7-14-8-11(18)6-13(14)15/h3-5,11,18H,6-8H2,1-2H3. The summed E-state index contributed by atoms with van der Waals surface area (Å²) in [5.41, 5.74) is 0.981. The van der Waals surface area contributed by atoms with Crippen molar-refractivity contribution in [3.05, 3.63) is 23.8 Å². The molecule has 98 valence electrons. The fourth-order valence-corrected chi connectivity index (χ4v) is 2.45. The van der Waals surface area contributed by atoms with Gasteiger partial charge in [0.2, 0.25) is 5.91 Å². The van der Waals surface area contributed by atoms with Gasteiger partial charge < -0.3 is 14.4 Å². The van der Waals surface area contributed by atoms with Crippen molar-refractivity contribution in [2.75, 3.05) is 20.8 Å². The smallest absolute Gasteiger partial charge is 0.224 e. The van der Waals surface area contributed by atoms with E-state index >= 15 is 0 Å². The second kappa shape index (κ2) is 5.52. The zero-order valence-electron chi connectivity index (χ0n) is 10.5. The SMILES string of the molecule is COc1ccc(CN2CC(S)CC2=O)c(OC)c1. The van der Waals surface area contributed by atoms with E-state index in [1.54, 1.807) is 14.2 Å². The summed E-state index contributed by atoms with van der Waals surface area (Å²) in [4.78, 5) is 13.5. The van der Waals surface area contributed by atoms with Gasteiger partial charge in [-0.15, -0.1) is 0 Å². The van der Waals surface area contributed by atoms with Gasteiger partial charge in [-0.2, -0.15) is 12.6 Å². The first-order valence-electron chi connectivity index (χ1n) is 5.80. The van der Waals surface area contributed by atoms with Crippen molar-refractivity contribution < 1.29 is 14.3 Å². The number of ether oxygens (including phenoxy) is 2. The Kier molecular flexibility index (Phi) is 4.01. The van der Waals surface area contributed by atoms with Gasteiger partial charge in [-0.05, 0) is 12.1 Å². The zero-order valence-corrected chi connectivity index (χ0v) is 11.4. The predicted octanol–water partition coefficient (Wildman–Crippen LogP) is 1.73. The summed E-state index contributed by atoms with van der Waals surface area (Å²) < 4.78 is 10.5. The van der Waals surface area contributed by atoms with Gasteiger partial charge in [0.15, 0.2) is 0 Å². The predicted molar refractivity (Wildman–Crippen MR) is 72.4 cm³/mol. The molecule has 0 aliphatic carbocycles. The molecule has 0 N–H and O–H groups in total. The molecular weight excluding hydrogens is 250 g/mol. The molecule has 2 rings (SSSR count). The highest BCUT2D eigenvalue weighted by atomic mass is 32.1. The van der Waals surface area contributed by atoms with Crippen LogP contribution in [0.25, 0.3) is 0 Å². The molecule has 0 spiro atoms. The van der Waals surface area contributed by atoms with E-state index in [1.807, 2.05) is 23.1 Å². The zero-order chi connectivity index (χ0) is 13.1. The molecule has 5 heteroatoms. The van der Waals surface area contributed by atoms with Crippen molar-refractivity contribution in [2.24, 2.45) is 0 Å². The third-order valence-electron chi connectivity index (χ3n) is 3.05. The summed E-state index contributed by atoms with van der Waals surface area (Å²) in [6, 6.07) is 5.63. The van der Waals surface area contributed by atoms with Gasteiger partial charge in [0.25, 0.3) is 0 Å². The summed E-state index contributed by atoms with van der Waals surface area (Å²) in [7, 11) is 3.23. The van der Waals surface area contributed by atoms with Gasteiger partial charge in [0.1, 0.15) is 11.5 Å². The Balaban J connectivity index is 2.16. The monoisotopic (exact) mass is 267 g/mol. The molecule has 1 amide bonds. The van der Waals surface area contributed by atoms with Gasteiger partial charge in [0.05, 0.1) is 14.2 Å². The van der Waals surface area contributed by atoms with E-state index in [1.165, 1.54) is 0 Å². The number of carbonyl (C=O) groups excluding carboxylic acids is 1. The molecule has 4 nitrogen and oxygen atoms in total. The Morgan fingerprint density at radius 1 is 1.39 bits per heavy atom. The van der Waals surface area contributed by atoms with Crippen molar-refractivity contribution in [3.63, 3.8) is 0 Å². The maximum Gasteiger partial charge on any atom is 0.224 e. The maximum atomic E-state index is 11.7. The first-order chi connectivity index (χ1) is 8.63.